The zero-order valence-electron chi connectivity index (χ0n) is 18.1. The zero-order chi connectivity index (χ0) is 22.3. The third-order valence-electron chi connectivity index (χ3n) is 4.42. The van der Waals surface area contributed by atoms with Crippen LogP contribution < -0.4 is 19.1 Å². The standard InChI is InChI=1S/C22H30N2O5S/c1-6-21(24(30(5,26)27)18-9-13-19(28-4)14-10-18)22(25)23-15-17-7-11-20(12-8-17)29-16(2)3/h7-14,16,21H,6,15H2,1-5H3,(H,23,25)/t21-/m0/s1. The van der Waals surface area contributed by atoms with E-state index in [-0.39, 0.29) is 18.6 Å². The molecule has 1 N–H and O–H groups in total. The lowest BCUT2D eigenvalue weighted by atomic mass is 10.1. The van der Waals surface area contributed by atoms with Crippen molar-refractivity contribution in [1.29, 1.82) is 0 Å². The van der Waals surface area contributed by atoms with Gasteiger partial charge in [0.1, 0.15) is 17.5 Å². The number of hydrogen-bond acceptors (Lipinski definition) is 5. The molecule has 0 unspecified atom stereocenters. The number of amides is 1. The highest BCUT2D eigenvalue weighted by atomic mass is 32.2. The number of carbonyl (C=O) groups is 1. The van der Waals surface area contributed by atoms with Crippen molar-refractivity contribution in [2.45, 2.75) is 45.9 Å². The minimum absolute atomic E-state index is 0.0841. The van der Waals surface area contributed by atoms with E-state index in [1.807, 2.05) is 38.1 Å². The van der Waals surface area contributed by atoms with E-state index < -0.39 is 16.1 Å². The summed E-state index contributed by atoms with van der Waals surface area (Å²) in [5.41, 5.74) is 1.31. The third-order valence-corrected chi connectivity index (χ3v) is 5.60. The summed E-state index contributed by atoms with van der Waals surface area (Å²) in [6.45, 7) is 5.98. The predicted octanol–water partition coefficient (Wildman–Crippen LogP) is 3.34. The van der Waals surface area contributed by atoms with E-state index in [9.17, 15) is 13.2 Å². The Balaban J connectivity index is 2.15. The molecule has 0 aromatic heterocycles. The Morgan fingerprint density at radius 1 is 1.03 bits per heavy atom. The molecule has 0 radical (unpaired) electrons. The molecule has 2 rings (SSSR count). The summed E-state index contributed by atoms with van der Waals surface area (Å²) >= 11 is 0. The van der Waals surface area contributed by atoms with E-state index in [0.717, 1.165) is 21.9 Å². The molecule has 0 aliphatic carbocycles. The summed E-state index contributed by atoms with van der Waals surface area (Å²) in [4.78, 5) is 12.9. The number of nitrogens with one attached hydrogen (secondary N) is 1. The van der Waals surface area contributed by atoms with Crippen LogP contribution in [0.3, 0.4) is 0 Å². The molecule has 1 atom stereocenters. The molecule has 0 saturated carbocycles. The summed E-state index contributed by atoms with van der Waals surface area (Å²) in [5, 5.41) is 2.84. The van der Waals surface area contributed by atoms with Gasteiger partial charge in [0.25, 0.3) is 0 Å². The average Bonchev–Trinajstić information content (AvgIpc) is 2.70. The second-order valence-electron chi connectivity index (χ2n) is 7.21. The van der Waals surface area contributed by atoms with E-state index >= 15 is 0 Å². The fourth-order valence-corrected chi connectivity index (χ4v) is 4.27. The van der Waals surface area contributed by atoms with E-state index in [2.05, 4.69) is 5.32 Å². The number of nitrogens with zero attached hydrogens (tertiary/aromatic N) is 1. The molecule has 2 aromatic carbocycles. The van der Waals surface area contributed by atoms with Crippen LogP contribution in [0.25, 0.3) is 0 Å². The summed E-state index contributed by atoms with van der Waals surface area (Å²) in [6, 6.07) is 13.2. The molecule has 30 heavy (non-hydrogen) atoms. The van der Waals surface area contributed by atoms with Crippen LogP contribution in [-0.4, -0.2) is 39.8 Å². The van der Waals surface area contributed by atoms with E-state index in [0.29, 0.717) is 17.9 Å². The number of anilines is 1. The molecule has 0 aliphatic heterocycles. The monoisotopic (exact) mass is 434 g/mol. The van der Waals surface area contributed by atoms with Crippen molar-refractivity contribution < 1.29 is 22.7 Å². The van der Waals surface area contributed by atoms with Gasteiger partial charge < -0.3 is 14.8 Å². The van der Waals surface area contributed by atoms with E-state index in [4.69, 9.17) is 9.47 Å². The van der Waals surface area contributed by atoms with Gasteiger partial charge in [0.05, 0.1) is 25.2 Å². The summed E-state index contributed by atoms with van der Waals surface area (Å²) in [6.07, 6.45) is 1.51. The second kappa shape index (κ2) is 10.3. The highest BCUT2D eigenvalue weighted by molar-refractivity contribution is 7.92. The molecule has 0 saturated heterocycles. The fourth-order valence-electron chi connectivity index (χ4n) is 3.05. The Labute approximate surface area is 179 Å². The van der Waals surface area contributed by atoms with Crippen molar-refractivity contribution >= 4 is 21.6 Å². The fraction of sp³-hybridized carbons (Fsp3) is 0.409. The van der Waals surface area contributed by atoms with E-state index in [1.165, 1.54) is 7.11 Å². The Morgan fingerprint density at radius 3 is 2.07 bits per heavy atom. The minimum atomic E-state index is -3.68. The largest absolute Gasteiger partial charge is 0.497 e. The molecule has 0 fully saturated rings. The van der Waals surface area contributed by atoms with Crippen LogP contribution in [-0.2, 0) is 21.4 Å². The maximum atomic E-state index is 12.9. The van der Waals surface area contributed by atoms with Crippen LogP contribution in [0.2, 0.25) is 0 Å². The van der Waals surface area contributed by atoms with Crippen molar-refractivity contribution in [3.8, 4) is 11.5 Å². The molecule has 1 amide bonds. The maximum Gasteiger partial charge on any atom is 0.244 e. The average molecular weight is 435 g/mol. The molecule has 2 aromatic rings. The number of rotatable bonds is 10. The van der Waals surface area contributed by atoms with Crippen molar-refractivity contribution in [1.82, 2.24) is 5.32 Å². The molecule has 7 nitrogen and oxygen atoms in total. The van der Waals surface area contributed by atoms with Gasteiger partial charge in [-0.05, 0) is 62.2 Å². The zero-order valence-corrected chi connectivity index (χ0v) is 18.9. The predicted molar refractivity (Wildman–Crippen MR) is 118 cm³/mol. The number of hydrogen-bond donors (Lipinski definition) is 1. The molecule has 8 heteroatoms. The lowest BCUT2D eigenvalue weighted by Gasteiger charge is -2.30. The van der Waals surface area contributed by atoms with Crippen LogP contribution in [0.4, 0.5) is 5.69 Å². The number of methoxy groups -OCH3 is 1. The first-order valence-electron chi connectivity index (χ1n) is 9.82. The number of carbonyl (C=O) groups excluding carboxylic acids is 1. The molecule has 0 heterocycles. The highest BCUT2D eigenvalue weighted by Crippen LogP contribution is 2.25. The first-order valence-corrected chi connectivity index (χ1v) is 11.7. The smallest absolute Gasteiger partial charge is 0.244 e. The maximum absolute atomic E-state index is 12.9. The second-order valence-corrected chi connectivity index (χ2v) is 9.07. The molecule has 164 valence electrons. The summed E-state index contributed by atoms with van der Waals surface area (Å²) in [5.74, 6) is 1.00. The van der Waals surface area contributed by atoms with Gasteiger partial charge in [0.2, 0.25) is 15.9 Å². The van der Waals surface area contributed by atoms with Gasteiger partial charge in [-0.15, -0.1) is 0 Å². The Bertz CT molecular complexity index is 925. The Kier molecular flexibility index (Phi) is 8.11. The summed E-state index contributed by atoms with van der Waals surface area (Å²) in [7, 11) is -2.14. The molecule has 0 spiro atoms. The minimum Gasteiger partial charge on any atom is -0.497 e. The van der Waals surface area contributed by atoms with Gasteiger partial charge in [0.15, 0.2) is 0 Å². The SMILES string of the molecule is CC[C@@H](C(=O)NCc1ccc(OC(C)C)cc1)N(c1ccc(OC)cc1)S(C)(=O)=O. The number of benzene rings is 2. The van der Waals surface area contributed by atoms with Gasteiger partial charge >= 0.3 is 0 Å². The van der Waals surface area contributed by atoms with Crippen LogP contribution in [0.1, 0.15) is 32.8 Å². The van der Waals surface area contributed by atoms with Crippen molar-refractivity contribution in [2.24, 2.45) is 0 Å². The van der Waals surface area contributed by atoms with Crippen LogP contribution >= 0.6 is 0 Å². The lowest BCUT2D eigenvalue weighted by Crippen LogP contribution is -2.49. The first-order chi connectivity index (χ1) is 14.2. The third kappa shape index (κ3) is 6.38. The highest BCUT2D eigenvalue weighted by Gasteiger charge is 2.31. The summed E-state index contributed by atoms with van der Waals surface area (Å²) < 4.78 is 36.9. The van der Waals surface area contributed by atoms with Crippen molar-refractivity contribution in [2.75, 3.05) is 17.7 Å². The van der Waals surface area contributed by atoms with Crippen LogP contribution in [0.15, 0.2) is 48.5 Å². The van der Waals surface area contributed by atoms with Gasteiger partial charge in [0, 0.05) is 6.54 Å². The van der Waals surface area contributed by atoms with Crippen molar-refractivity contribution in [3.63, 3.8) is 0 Å². The van der Waals surface area contributed by atoms with Gasteiger partial charge in [-0.3, -0.25) is 9.10 Å². The normalized spacial score (nSPS) is 12.3. The van der Waals surface area contributed by atoms with Crippen molar-refractivity contribution in [3.05, 3.63) is 54.1 Å². The van der Waals surface area contributed by atoms with Crippen LogP contribution in [0, 0.1) is 0 Å². The Morgan fingerprint density at radius 2 is 1.60 bits per heavy atom. The molecular formula is C22H30N2O5S. The van der Waals surface area contributed by atoms with Gasteiger partial charge in [-0.25, -0.2) is 8.42 Å². The van der Waals surface area contributed by atoms with Gasteiger partial charge in [-0.1, -0.05) is 19.1 Å². The molecule has 0 bridgehead atoms. The Hall–Kier alpha value is -2.74. The molecule has 0 aliphatic rings. The van der Waals surface area contributed by atoms with Gasteiger partial charge in [-0.2, -0.15) is 0 Å². The quantitative estimate of drug-likeness (QED) is 0.620. The van der Waals surface area contributed by atoms with Crippen LogP contribution in [0.5, 0.6) is 11.5 Å². The topological polar surface area (TPSA) is 84.9 Å². The first kappa shape index (κ1) is 23.5. The number of sulfonamides is 1. The molecular weight excluding hydrogens is 404 g/mol. The lowest BCUT2D eigenvalue weighted by molar-refractivity contribution is -0.122. The van der Waals surface area contributed by atoms with E-state index in [1.54, 1.807) is 31.2 Å². The number of ether oxygens (including phenoxy) is 2.